The van der Waals surface area contributed by atoms with E-state index < -0.39 is 22.4 Å². The van der Waals surface area contributed by atoms with Gasteiger partial charge in [0.25, 0.3) is 0 Å². The monoisotopic (exact) mass is 273 g/mol. The van der Waals surface area contributed by atoms with Crippen molar-refractivity contribution in [2.45, 2.75) is 11.3 Å². The van der Waals surface area contributed by atoms with E-state index in [1.807, 2.05) is 0 Å². The number of nitrogens with one attached hydrogen (secondary N) is 1. The minimum Gasteiger partial charge on any atom is -0.481 e. The minimum absolute atomic E-state index is 0.00903. The molecule has 0 radical (unpaired) electrons. The van der Waals surface area contributed by atoms with E-state index in [0.717, 1.165) is 0 Å². The number of carbonyl (C=O) groups is 1. The summed E-state index contributed by atoms with van der Waals surface area (Å²) in [6.07, 6.45) is -0.410. The highest BCUT2D eigenvalue weighted by Gasteiger charge is 2.24. The Kier molecular flexibility index (Phi) is 3.14. The van der Waals surface area contributed by atoms with Gasteiger partial charge in [-0.1, -0.05) is 0 Å². The lowest BCUT2D eigenvalue weighted by Crippen LogP contribution is -2.21. The van der Waals surface area contributed by atoms with Gasteiger partial charge in [-0.25, -0.2) is 13.1 Å². The summed E-state index contributed by atoms with van der Waals surface area (Å²) in [6, 6.07) is 2.65. The van der Waals surface area contributed by atoms with Gasteiger partial charge >= 0.3 is 5.97 Å². The molecule has 18 heavy (non-hydrogen) atoms. The van der Waals surface area contributed by atoms with Crippen LogP contribution in [0.2, 0.25) is 0 Å². The zero-order chi connectivity index (χ0) is 13.3. The number of hydrogen-bond donors (Lipinski definition) is 2. The number of fused-ring (bicyclic) bond motifs is 1. The van der Waals surface area contributed by atoms with E-state index in [0.29, 0.717) is 5.75 Å². The molecule has 8 heteroatoms. The van der Waals surface area contributed by atoms with Crippen LogP contribution < -0.4 is 14.2 Å². The van der Waals surface area contributed by atoms with Crippen LogP contribution in [0.4, 0.5) is 0 Å². The van der Waals surface area contributed by atoms with E-state index in [4.69, 9.17) is 14.6 Å². The van der Waals surface area contributed by atoms with Crippen molar-refractivity contribution < 1.29 is 27.8 Å². The zero-order valence-electron chi connectivity index (χ0n) is 9.47. The summed E-state index contributed by atoms with van der Waals surface area (Å²) in [5.41, 5.74) is 0.154. The van der Waals surface area contributed by atoms with Gasteiger partial charge in [-0.15, -0.1) is 0 Å². The molecule has 2 N–H and O–H groups in total. The maximum atomic E-state index is 11.8. The van der Waals surface area contributed by atoms with E-state index in [1.165, 1.54) is 19.2 Å². The molecule has 1 aliphatic heterocycles. The Morgan fingerprint density at radius 3 is 2.56 bits per heavy atom. The standard InChI is InChI=1S/C10H11NO6S/c1-11-18(14,15)9-4-8-7(16-5-17-8)2-6(9)3-10(12)13/h2,4,11H,3,5H2,1H3,(H,12,13). The van der Waals surface area contributed by atoms with Crippen LogP contribution in [-0.4, -0.2) is 33.3 Å². The van der Waals surface area contributed by atoms with Crippen LogP contribution in [0.25, 0.3) is 0 Å². The molecule has 1 aliphatic rings. The van der Waals surface area contributed by atoms with E-state index in [1.54, 1.807) is 0 Å². The number of benzene rings is 1. The number of ether oxygens (including phenoxy) is 2. The molecule has 98 valence electrons. The molecular weight excluding hydrogens is 262 g/mol. The third-order valence-corrected chi connectivity index (χ3v) is 3.95. The van der Waals surface area contributed by atoms with Gasteiger partial charge in [-0.2, -0.15) is 0 Å². The van der Waals surface area contributed by atoms with E-state index in [-0.39, 0.29) is 23.0 Å². The Hall–Kier alpha value is -1.80. The molecule has 0 bridgehead atoms. The fraction of sp³-hybridized carbons (Fsp3) is 0.300. The molecule has 0 saturated heterocycles. The second kappa shape index (κ2) is 4.46. The van der Waals surface area contributed by atoms with E-state index >= 15 is 0 Å². The van der Waals surface area contributed by atoms with E-state index in [2.05, 4.69) is 4.72 Å². The van der Waals surface area contributed by atoms with Gasteiger partial charge in [-0.3, -0.25) is 4.79 Å². The molecule has 0 amide bonds. The number of sulfonamides is 1. The molecule has 1 aromatic rings. The smallest absolute Gasteiger partial charge is 0.307 e. The Labute approximate surface area is 103 Å². The average Bonchev–Trinajstić information content (AvgIpc) is 2.74. The van der Waals surface area contributed by atoms with Gasteiger partial charge in [-0.05, 0) is 18.7 Å². The molecule has 2 rings (SSSR count). The molecular formula is C10H11NO6S. The van der Waals surface area contributed by atoms with Gasteiger partial charge < -0.3 is 14.6 Å². The number of aliphatic carboxylic acids is 1. The van der Waals surface area contributed by atoms with Gasteiger partial charge in [0.05, 0.1) is 11.3 Å². The topological polar surface area (TPSA) is 102 Å². The van der Waals surface area contributed by atoms with Crippen molar-refractivity contribution in [3.8, 4) is 11.5 Å². The lowest BCUT2D eigenvalue weighted by Gasteiger charge is -2.09. The van der Waals surface area contributed by atoms with Crippen molar-refractivity contribution in [1.82, 2.24) is 4.72 Å². The maximum Gasteiger partial charge on any atom is 0.307 e. The van der Waals surface area contributed by atoms with Crippen LogP contribution >= 0.6 is 0 Å². The number of carboxylic acid groups (broad SMARTS) is 1. The summed E-state index contributed by atoms with van der Waals surface area (Å²) in [4.78, 5) is 10.6. The Balaban J connectivity index is 2.59. The number of rotatable bonds is 4. The van der Waals surface area contributed by atoms with Crippen LogP contribution in [0.15, 0.2) is 17.0 Å². The van der Waals surface area contributed by atoms with Crippen LogP contribution in [0.3, 0.4) is 0 Å². The van der Waals surface area contributed by atoms with Crippen LogP contribution in [0.1, 0.15) is 5.56 Å². The molecule has 0 atom stereocenters. The maximum absolute atomic E-state index is 11.8. The third-order valence-electron chi connectivity index (χ3n) is 2.46. The summed E-state index contributed by atoms with van der Waals surface area (Å²) < 4.78 is 35.9. The minimum atomic E-state index is -3.74. The van der Waals surface area contributed by atoms with Gasteiger partial charge in [0.2, 0.25) is 16.8 Å². The molecule has 0 spiro atoms. The molecule has 0 aliphatic carbocycles. The Morgan fingerprint density at radius 1 is 1.39 bits per heavy atom. The fourth-order valence-corrected chi connectivity index (χ4v) is 2.58. The van der Waals surface area contributed by atoms with Crippen LogP contribution in [0, 0.1) is 0 Å². The fourth-order valence-electron chi connectivity index (χ4n) is 1.63. The normalized spacial score (nSPS) is 13.6. The number of hydrogen-bond acceptors (Lipinski definition) is 5. The molecule has 0 aromatic heterocycles. The highest BCUT2D eigenvalue weighted by Crippen LogP contribution is 2.36. The molecule has 1 heterocycles. The summed E-state index contributed by atoms with van der Waals surface area (Å²) in [7, 11) is -2.49. The van der Waals surface area contributed by atoms with Gasteiger partial charge in [0.1, 0.15) is 0 Å². The predicted molar refractivity (Wildman–Crippen MR) is 60.2 cm³/mol. The molecule has 0 unspecified atom stereocenters. The molecule has 7 nitrogen and oxygen atoms in total. The zero-order valence-corrected chi connectivity index (χ0v) is 10.3. The Morgan fingerprint density at radius 2 is 2.00 bits per heavy atom. The summed E-state index contributed by atoms with van der Waals surface area (Å²) >= 11 is 0. The largest absolute Gasteiger partial charge is 0.481 e. The first-order valence-electron chi connectivity index (χ1n) is 5.02. The third kappa shape index (κ3) is 2.24. The summed E-state index contributed by atoms with van der Waals surface area (Å²) in [5, 5.41) is 8.79. The number of carboxylic acids is 1. The summed E-state index contributed by atoms with van der Waals surface area (Å²) in [5.74, 6) is -0.485. The van der Waals surface area contributed by atoms with Crippen molar-refractivity contribution in [2.24, 2.45) is 0 Å². The van der Waals surface area contributed by atoms with Crippen molar-refractivity contribution in [2.75, 3.05) is 13.8 Å². The van der Waals surface area contributed by atoms with Crippen molar-refractivity contribution in [3.05, 3.63) is 17.7 Å². The Bertz CT molecular complexity index is 595. The lowest BCUT2D eigenvalue weighted by molar-refractivity contribution is -0.136. The lowest BCUT2D eigenvalue weighted by atomic mass is 10.1. The van der Waals surface area contributed by atoms with Crippen molar-refractivity contribution in [3.63, 3.8) is 0 Å². The second-order valence-corrected chi connectivity index (χ2v) is 5.45. The highest BCUT2D eigenvalue weighted by atomic mass is 32.2. The van der Waals surface area contributed by atoms with E-state index in [9.17, 15) is 13.2 Å². The quantitative estimate of drug-likeness (QED) is 0.797. The first kappa shape index (κ1) is 12.7. The first-order chi connectivity index (χ1) is 8.44. The van der Waals surface area contributed by atoms with Gasteiger partial charge in [0.15, 0.2) is 11.5 Å². The first-order valence-corrected chi connectivity index (χ1v) is 6.50. The second-order valence-electron chi connectivity index (χ2n) is 3.59. The highest BCUT2D eigenvalue weighted by molar-refractivity contribution is 7.89. The van der Waals surface area contributed by atoms with Crippen molar-refractivity contribution in [1.29, 1.82) is 0 Å². The van der Waals surface area contributed by atoms with Gasteiger partial charge in [0, 0.05) is 6.07 Å². The summed E-state index contributed by atoms with van der Waals surface area (Å²) in [6.45, 7) is -0.00903. The molecule has 1 aromatic carbocycles. The predicted octanol–water partition coefficient (Wildman–Crippen LogP) is -0.0495. The van der Waals surface area contributed by atoms with Crippen LogP contribution in [0.5, 0.6) is 11.5 Å². The SMILES string of the molecule is CNS(=O)(=O)c1cc2c(cc1CC(=O)O)OCO2. The average molecular weight is 273 g/mol. The van der Waals surface area contributed by atoms with Crippen molar-refractivity contribution >= 4 is 16.0 Å². The van der Waals surface area contributed by atoms with Crippen LogP contribution in [-0.2, 0) is 21.2 Å². The molecule has 0 fully saturated rings. The molecule has 0 saturated carbocycles.